The van der Waals surface area contributed by atoms with Crippen molar-refractivity contribution in [1.82, 2.24) is 19.8 Å². The average Bonchev–Trinajstić information content (AvgIpc) is 3.25. The van der Waals surface area contributed by atoms with E-state index in [1.165, 1.54) is 54.6 Å². The van der Waals surface area contributed by atoms with Crippen molar-refractivity contribution in [2.75, 3.05) is 14.1 Å². The second kappa shape index (κ2) is 22.3. The van der Waals surface area contributed by atoms with Crippen molar-refractivity contribution in [3.8, 4) is 0 Å². The van der Waals surface area contributed by atoms with Gasteiger partial charge >= 0.3 is 24.1 Å². The predicted octanol–water partition coefficient (Wildman–Crippen LogP) is 9.46. The minimum Gasteiger partial charge on any atom is -0.478 e. The molecule has 1 N–H and O–H groups in total. The van der Waals surface area contributed by atoms with Gasteiger partial charge in [0.25, 0.3) is 0 Å². The summed E-state index contributed by atoms with van der Waals surface area (Å²) in [6.07, 6.45) is 8.06. The lowest BCUT2D eigenvalue weighted by atomic mass is 9.74. The Kier molecular flexibility index (Phi) is 17.6. The molecule has 2 aromatic carbocycles. The van der Waals surface area contributed by atoms with E-state index in [1.807, 2.05) is 6.07 Å². The third kappa shape index (κ3) is 11.8. The van der Waals surface area contributed by atoms with Crippen LogP contribution in [0.5, 0.6) is 0 Å². The SMILES string of the molecule is CC(Cl)OC(=O)N(C)[C@]1(c2ccccc2Cl)CCCCC1=O.CC(OC(=O)c1cccnc1)OC(=O)N(C)[C@]1(c2ccccc2Cl)CCCCC1=O.O=C(O)c1cccnc1. The fourth-order valence-corrected chi connectivity index (χ4v) is 7.89. The number of carboxylic acids is 1. The van der Waals surface area contributed by atoms with E-state index in [2.05, 4.69) is 9.97 Å². The van der Waals surface area contributed by atoms with Crippen molar-refractivity contribution >= 4 is 70.5 Å². The number of pyridine rings is 2. The number of benzene rings is 2. The number of nitrogens with zero attached hydrogens (tertiary/aromatic N) is 4. The third-order valence-electron chi connectivity index (χ3n) is 10.2. The Labute approximate surface area is 369 Å². The van der Waals surface area contributed by atoms with Crippen molar-refractivity contribution in [2.45, 2.75) is 88.1 Å². The van der Waals surface area contributed by atoms with Crippen molar-refractivity contribution in [3.05, 3.63) is 130 Å². The number of aromatic carboxylic acids is 1. The zero-order chi connectivity index (χ0) is 44.7. The summed E-state index contributed by atoms with van der Waals surface area (Å²) in [7, 11) is 3.07. The molecule has 17 heteroatoms. The van der Waals surface area contributed by atoms with Crippen LogP contribution in [0.3, 0.4) is 0 Å². The maximum absolute atomic E-state index is 13.1. The molecule has 61 heavy (non-hydrogen) atoms. The Bertz CT molecular complexity index is 2160. The second-order valence-electron chi connectivity index (χ2n) is 14.1. The van der Waals surface area contributed by atoms with Crippen molar-refractivity contribution < 1.29 is 48.1 Å². The number of hydrogen-bond acceptors (Lipinski definition) is 11. The van der Waals surface area contributed by atoms with Gasteiger partial charge in [-0.25, -0.2) is 19.2 Å². The summed E-state index contributed by atoms with van der Waals surface area (Å²) in [6.45, 7) is 2.99. The van der Waals surface area contributed by atoms with Gasteiger partial charge in [-0.15, -0.1) is 0 Å². The molecular formula is C44H47Cl3N4O10. The van der Waals surface area contributed by atoms with Crippen LogP contribution in [0, 0.1) is 0 Å². The van der Waals surface area contributed by atoms with Crippen LogP contribution in [0.2, 0.25) is 10.0 Å². The Morgan fingerprint density at radius 3 is 1.48 bits per heavy atom. The number of Topliss-reactive ketones (excluding diaryl/α,β-unsaturated/α-hetero) is 2. The molecule has 2 amide bonds. The molecule has 0 bridgehead atoms. The number of likely N-dealkylation sites (N-methyl/N-ethyl adjacent to an activating group) is 2. The van der Waals surface area contributed by atoms with Crippen LogP contribution in [-0.4, -0.2) is 86.5 Å². The number of ether oxygens (including phenoxy) is 3. The Morgan fingerprint density at radius 2 is 1.10 bits per heavy atom. The van der Waals surface area contributed by atoms with Gasteiger partial charge in [0.2, 0.25) is 6.29 Å². The van der Waals surface area contributed by atoms with E-state index in [9.17, 15) is 28.8 Å². The summed E-state index contributed by atoms with van der Waals surface area (Å²) >= 11 is 18.4. The van der Waals surface area contributed by atoms with Crippen molar-refractivity contribution in [3.63, 3.8) is 0 Å². The van der Waals surface area contributed by atoms with Gasteiger partial charge in [-0.1, -0.05) is 71.2 Å². The second-order valence-corrected chi connectivity index (χ2v) is 15.6. The lowest BCUT2D eigenvalue weighted by Gasteiger charge is -2.43. The highest BCUT2D eigenvalue weighted by Crippen LogP contribution is 2.44. The predicted molar refractivity (Wildman–Crippen MR) is 227 cm³/mol. The normalized spacial score (nSPS) is 19.3. The van der Waals surface area contributed by atoms with Gasteiger partial charge in [0.05, 0.1) is 11.1 Å². The average molecular weight is 898 g/mol. The third-order valence-corrected chi connectivity index (χ3v) is 11.0. The van der Waals surface area contributed by atoms with Crippen LogP contribution in [0.25, 0.3) is 0 Å². The van der Waals surface area contributed by atoms with Crippen LogP contribution >= 0.6 is 34.8 Å². The molecule has 2 saturated carbocycles. The summed E-state index contributed by atoms with van der Waals surface area (Å²) in [5, 5.41) is 9.22. The van der Waals surface area contributed by atoms with E-state index < -0.39 is 47.1 Å². The van der Waals surface area contributed by atoms with E-state index in [4.69, 9.17) is 54.1 Å². The van der Waals surface area contributed by atoms with Gasteiger partial charge in [-0.2, -0.15) is 0 Å². The molecule has 4 aromatic rings. The number of carbonyl (C=O) groups is 6. The summed E-state index contributed by atoms with van der Waals surface area (Å²) in [5.41, 5.74) is -1.41. The number of halogens is 3. The largest absolute Gasteiger partial charge is 0.478 e. The number of alkyl halides is 1. The fourth-order valence-electron chi connectivity index (χ4n) is 7.23. The molecule has 6 rings (SSSR count). The number of ketones is 2. The fraction of sp³-hybridized carbons (Fsp3) is 0.364. The first-order valence-electron chi connectivity index (χ1n) is 19.4. The first kappa shape index (κ1) is 48.1. The molecule has 14 nitrogen and oxygen atoms in total. The summed E-state index contributed by atoms with van der Waals surface area (Å²) in [6, 6.07) is 20.3. The van der Waals surface area contributed by atoms with E-state index >= 15 is 0 Å². The number of aromatic nitrogens is 2. The Balaban J connectivity index is 0.000000230. The lowest BCUT2D eigenvalue weighted by molar-refractivity contribution is -0.135. The lowest BCUT2D eigenvalue weighted by Crippen LogP contribution is -2.54. The quantitative estimate of drug-likeness (QED) is 0.0956. The van der Waals surface area contributed by atoms with E-state index in [0.717, 1.165) is 25.7 Å². The molecule has 0 saturated heterocycles. The molecular weight excluding hydrogens is 851 g/mol. The van der Waals surface area contributed by atoms with Crippen LogP contribution < -0.4 is 0 Å². The number of carboxylic acid groups (broad SMARTS) is 1. The number of carbonyl (C=O) groups excluding carboxylic acids is 5. The van der Waals surface area contributed by atoms with E-state index in [0.29, 0.717) is 46.9 Å². The highest BCUT2D eigenvalue weighted by atomic mass is 35.5. The molecule has 2 aliphatic carbocycles. The minimum absolute atomic E-state index is 0.0199. The summed E-state index contributed by atoms with van der Waals surface area (Å²) in [4.78, 5) is 83.4. The van der Waals surface area contributed by atoms with Crippen molar-refractivity contribution in [2.24, 2.45) is 0 Å². The molecule has 0 radical (unpaired) electrons. The van der Waals surface area contributed by atoms with Gasteiger partial charge in [-0.3, -0.25) is 29.4 Å². The summed E-state index contributed by atoms with van der Waals surface area (Å²) < 4.78 is 15.6. The van der Waals surface area contributed by atoms with E-state index in [-0.39, 0.29) is 22.7 Å². The number of esters is 1. The molecule has 2 aromatic heterocycles. The molecule has 0 spiro atoms. The van der Waals surface area contributed by atoms with Gasteiger partial charge in [0, 0.05) is 79.8 Å². The maximum Gasteiger partial charge on any atom is 0.413 e. The van der Waals surface area contributed by atoms with Gasteiger partial charge in [0.1, 0.15) is 11.1 Å². The maximum atomic E-state index is 13.1. The molecule has 2 fully saturated rings. The monoisotopic (exact) mass is 896 g/mol. The molecule has 2 aliphatic rings. The Morgan fingerprint density at radius 1 is 0.656 bits per heavy atom. The number of rotatable bonds is 9. The zero-order valence-electron chi connectivity index (χ0n) is 34.1. The van der Waals surface area contributed by atoms with Crippen LogP contribution in [-0.2, 0) is 34.9 Å². The molecule has 2 unspecified atom stereocenters. The van der Waals surface area contributed by atoms with Crippen LogP contribution in [0.4, 0.5) is 9.59 Å². The van der Waals surface area contributed by atoms with Crippen molar-refractivity contribution in [1.29, 1.82) is 0 Å². The highest BCUT2D eigenvalue weighted by Gasteiger charge is 2.50. The van der Waals surface area contributed by atoms with Gasteiger partial charge in [-0.05, 0) is 81.8 Å². The molecule has 0 aliphatic heterocycles. The first-order valence-corrected chi connectivity index (χ1v) is 20.6. The molecule has 324 valence electrons. The number of amides is 2. The summed E-state index contributed by atoms with van der Waals surface area (Å²) in [5.74, 6) is -1.72. The Hall–Kier alpha value is -5.57. The first-order chi connectivity index (χ1) is 29.1. The standard InChI is InChI=1S/C22H23ClN2O5.C16H19Cl2NO3.C6H5NO2/c1-15(29-20(27)16-8-7-13-24-14-16)30-21(28)25(2)22(12-6-5-11-19(22)26)17-9-3-4-10-18(17)23;1-11(17)22-15(21)19(2)16(10-6-5-9-14(16)20)12-7-3-4-8-13(12)18;8-6(9)5-2-1-3-7-4-5/h3-4,7-10,13-15H,5-6,11-12H2,1-2H3;3-4,7-8,11H,5-6,9-10H2,1-2H3;1-4H,(H,8,9)/t15?,22-;11?,16-;/m00./s1. The minimum atomic E-state index is -1.22. The smallest absolute Gasteiger partial charge is 0.413 e. The highest BCUT2D eigenvalue weighted by molar-refractivity contribution is 6.32. The van der Waals surface area contributed by atoms with E-state index in [1.54, 1.807) is 74.6 Å². The van der Waals surface area contributed by atoms with Crippen LogP contribution in [0.15, 0.2) is 97.6 Å². The molecule has 2 heterocycles. The topological polar surface area (TPSA) is 183 Å². The van der Waals surface area contributed by atoms with Gasteiger partial charge in [0.15, 0.2) is 17.1 Å². The van der Waals surface area contributed by atoms with Gasteiger partial charge < -0.3 is 19.3 Å². The zero-order valence-corrected chi connectivity index (χ0v) is 36.4. The van der Waals surface area contributed by atoms with Crippen LogP contribution in [0.1, 0.15) is 97.1 Å². The molecule has 4 atom stereocenters. The number of hydrogen-bond donors (Lipinski definition) is 1.